The van der Waals surface area contributed by atoms with Crippen molar-refractivity contribution in [3.05, 3.63) is 0 Å². The molecule has 10 nitrogen and oxygen atoms in total. The SMILES string of the molecule is CC.CC.CNC=O.O=S(=O)(O)O.O=S(=O)(O)O. The van der Waals surface area contributed by atoms with Gasteiger partial charge in [0.2, 0.25) is 6.41 Å². The molecule has 0 fully saturated rings. The van der Waals surface area contributed by atoms with E-state index in [0.29, 0.717) is 6.41 Å². The Bertz CT molecular complexity index is 275. The molecule has 0 bridgehead atoms. The van der Waals surface area contributed by atoms with E-state index in [4.69, 9.17) is 39.8 Å². The first kappa shape index (κ1) is 30.3. The summed E-state index contributed by atoms with van der Waals surface area (Å²) in [5, 5.41) is 2.25. The zero-order chi connectivity index (χ0) is 16.4. The number of carbonyl (C=O) groups is 1. The van der Waals surface area contributed by atoms with E-state index in [1.807, 2.05) is 27.7 Å². The van der Waals surface area contributed by atoms with Crippen LogP contribution < -0.4 is 5.32 Å². The van der Waals surface area contributed by atoms with Crippen molar-refractivity contribution < 1.29 is 39.8 Å². The highest BCUT2D eigenvalue weighted by Gasteiger charge is 1.85. The van der Waals surface area contributed by atoms with Crippen LogP contribution in [0.1, 0.15) is 27.7 Å². The number of hydrogen-bond donors (Lipinski definition) is 5. The Labute approximate surface area is 108 Å². The largest absolute Gasteiger partial charge is 0.394 e. The third-order valence-electron chi connectivity index (χ3n) is 0.118. The fourth-order valence-corrected chi connectivity index (χ4v) is 0. The summed E-state index contributed by atoms with van der Waals surface area (Å²) in [6.07, 6.45) is 0.625. The van der Waals surface area contributed by atoms with E-state index in [1.54, 1.807) is 7.05 Å². The van der Waals surface area contributed by atoms with Crippen molar-refractivity contribution in [3.8, 4) is 0 Å². The molecular weight excluding hydrogens is 294 g/mol. The molecule has 0 radical (unpaired) electrons. The quantitative estimate of drug-likeness (QED) is 0.331. The minimum absolute atomic E-state index is 0.625. The third-order valence-corrected chi connectivity index (χ3v) is 0.118. The van der Waals surface area contributed by atoms with Gasteiger partial charge in [-0.3, -0.25) is 23.0 Å². The molecule has 0 aromatic heterocycles. The molecule has 12 heteroatoms. The van der Waals surface area contributed by atoms with Gasteiger partial charge in [0, 0.05) is 7.05 Å². The molecule has 0 saturated heterocycles. The second-order valence-corrected chi connectivity index (χ2v) is 3.09. The molecule has 5 N–H and O–H groups in total. The van der Waals surface area contributed by atoms with Gasteiger partial charge in [0.25, 0.3) is 0 Å². The highest BCUT2D eigenvalue weighted by Crippen LogP contribution is 1.59. The molecule has 0 aliphatic rings. The lowest BCUT2D eigenvalue weighted by atomic mass is 11.0. The van der Waals surface area contributed by atoms with Crippen molar-refractivity contribution >= 4 is 27.2 Å². The Morgan fingerprint density at radius 2 is 0.833 bits per heavy atom. The lowest BCUT2D eigenvalue weighted by molar-refractivity contribution is -0.109. The summed E-state index contributed by atoms with van der Waals surface area (Å²) >= 11 is 0. The molecule has 0 aromatic rings. The standard InChI is InChI=1S/C2H5NO.2C2H6.2H2O4S/c1-3-2-4;2*1-2;2*1-5(2,3)4/h2H,1H3,(H,3,4);2*1-2H3;2*(H2,1,2,3,4). The summed E-state index contributed by atoms with van der Waals surface area (Å²) in [6.45, 7) is 8.00. The molecule has 0 atom stereocenters. The summed E-state index contributed by atoms with van der Waals surface area (Å²) < 4.78 is 63.2. The lowest BCUT2D eigenvalue weighted by Crippen LogP contribution is -1.98. The molecule has 1 amide bonds. The maximum absolute atomic E-state index is 9.06. The van der Waals surface area contributed by atoms with Crippen LogP contribution in [0.4, 0.5) is 0 Å². The monoisotopic (exact) mass is 315 g/mol. The van der Waals surface area contributed by atoms with Crippen molar-refractivity contribution in [1.29, 1.82) is 0 Å². The Hall–Kier alpha value is -0.790. The molecule has 0 unspecified atom stereocenters. The number of amides is 1. The number of hydrogen-bond acceptors (Lipinski definition) is 5. The van der Waals surface area contributed by atoms with E-state index in [9.17, 15) is 0 Å². The topological polar surface area (TPSA) is 178 Å². The van der Waals surface area contributed by atoms with E-state index < -0.39 is 20.8 Å². The molecular formula is C6H21NO9S2. The van der Waals surface area contributed by atoms with Gasteiger partial charge >= 0.3 is 20.8 Å². The van der Waals surface area contributed by atoms with Gasteiger partial charge in [0.15, 0.2) is 0 Å². The summed E-state index contributed by atoms with van der Waals surface area (Å²) in [5.74, 6) is 0. The molecule has 0 saturated carbocycles. The van der Waals surface area contributed by atoms with Gasteiger partial charge in [0.05, 0.1) is 0 Å². The Morgan fingerprint density at radius 1 is 0.778 bits per heavy atom. The summed E-state index contributed by atoms with van der Waals surface area (Å²) in [6, 6.07) is 0. The Morgan fingerprint density at radius 3 is 0.833 bits per heavy atom. The molecule has 18 heavy (non-hydrogen) atoms. The highest BCUT2D eigenvalue weighted by atomic mass is 32.3. The second-order valence-electron chi connectivity index (χ2n) is 1.30. The maximum atomic E-state index is 9.06. The van der Waals surface area contributed by atoms with E-state index >= 15 is 0 Å². The Kier molecular flexibility index (Phi) is 36.2. The average Bonchev–Trinajstić information content (AvgIpc) is 2.18. The van der Waals surface area contributed by atoms with Gasteiger partial charge in [-0.2, -0.15) is 16.8 Å². The molecule has 0 aromatic carbocycles. The second kappa shape index (κ2) is 21.5. The van der Waals surface area contributed by atoms with Crippen LogP contribution in [0.15, 0.2) is 0 Å². The minimum atomic E-state index is -4.67. The van der Waals surface area contributed by atoms with Crippen LogP contribution in [-0.4, -0.2) is 48.5 Å². The van der Waals surface area contributed by atoms with Crippen LogP contribution in [0.3, 0.4) is 0 Å². The molecule has 0 aliphatic carbocycles. The van der Waals surface area contributed by atoms with Crippen LogP contribution in [0.2, 0.25) is 0 Å². The van der Waals surface area contributed by atoms with Gasteiger partial charge < -0.3 is 5.32 Å². The third kappa shape index (κ3) is 69600. The first-order chi connectivity index (χ1) is 7.91. The molecule has 116 valence electrons. The zero-order valence-corrected chi connectivity index (χ0v) is 12.4. The van der Waals surface area contributed by atoms with Gasteiger partial charge in [-0.25, -0.2) is 0 Å². The van der Waals surface area contributed by atoms with E-state index in [-0.39, 0.29) is 0 Å². The van der Waals surface area contributed by atoms with E-state index in [0.717, 1.165) is 0 Å². The van der Waals surface area contributed by atoms with Crippen molar-refractivity contribution in [2.24, 2.45) is 0 Å². The van der Waals surface area contributed by atoms with Crippen LogP contribution in [0.25, 0.3) is 0 Å². The van der Waals surface area contributed by atoms with Gasteiger partial charge in [-0.1, -0.05) is 27.7 Å². The Balaban J connectivity index is -0.0000000414. The predicted molar refractivity (Wildman–Crippen MR) is 66.2 cm³/mol. The summed E-state index contributed by atoms with van der Waals surface area (Å²) in [4.78, 5) is 9.06. The fraction of sp³-hybridized carbons (Fsp3) is 0.833. The van der Waals surface area contributed by atoms with E-state index in [2.05, 4.69) is 5.32 Å². The fourth-order valence-electron chi connectivity index (χ4n) is 0. The van der Waals surface area contributed by atoms with Crippen LogP contribution in [0, 0.1) is 0 Å². The summed E-state index contributed by atoms with van der Waals surface area (Å²) in [5.41, 5.74) is 0. The highest BCUT2D eigenvalue weighted by molar-refractivity contribution is 7.80. The smallest absolute Gasteiger partial charge is 0.362 e. The summed E-state index contributed by atoms with van der Waals surface area (Å²) in [7, 11) is -7.77. The minimum Gasteiger partial charge on any atom is -0.362 e. The zero-order valence-electron chi connectivity index (χ0n) is 10.7. The van der Waals surface area contributed by atoms with Gasteiger partial charge in [-0.05, 0) is 0 Å². The predicted octanol–water partition coefficient (Wildman–Crippen LogP) is 0.109. The van der Waals surface area contributed by atoms with Gasteiger partial charge in [0.1, 0.15) is 0 Å². The van der Waals surface area contributed by atoms with Crippen molar-refractivity contribution in [1.82, 2.24) is 5.32 Å². The van der Waals surface area contributed by atoms with Crippen molar-refractivity contribution in [2.45, 2.75) is 27.7 Å². The molecule has 0 aliphatic heterocycles. The first-order valence-corrected chi connectivity index (χ1v) is 7.22. The first-order valence-electron chi connectivity index (χ1n) is 4.42. The number of carbonyl (C=O) groups excluding carboxylic acids is 1. The molecule has 0 heterocycles. The van der Waals surface area contributed by atoms with Crippen LogP contribution in [-0.2, 0) is 25.6 Å². The molecule has 0 rings (SSSR count). The maximum Gasteiger partial charge on any atom is 0.394 e. The van der Waals surface area contributed by atoms with E-state index in [1.165, 1.54) is 0 Å². The van der Waals surface area contributed by atoms with Crippen LogP contribution in [0.5, 0.6) is 0 Å². The normalized spacial score (nSPS) is 8.28. The number of nitrogens with one attached hydrogen (secondary N) is 1. The van der Waals surface area contributed by atoms with Gasteiger partial charge in [-0.15, -0.1) is 0 Å². The van der Waals surface area contributed by atoms with Crippen molar-refractivity contribution in [2.75, 3.05) is 7.05 Å². The van der Waals surface area contributed by atoms with Crippen LogP contribution >= 0.6 is 0 Å². The van der Waals surface area contributed by atoms with Crippen molar-refractivity contribution in [3.63, 3.8) is 0 Å². The lowest BCUT2D eigenvalue weighted by Gasteiger charge is -1.68. The number of rotatable bonds is 1. The average molecular weight is 315 g/mol. The molecule has 0 spiro atoms.